The van der Waals surface area contributed by atoms with Gasteiger partial charge in [-0.25, -0.2) is 12.8 Å². The summed E-state index contributed by atoms with van der Waals surface area (Å²) >= 11 is 0. The molecule has 0 unspecified atom stereocenters. The van der Waals surface area contributed by atoms with Gasteiger partial charge in [0.1, 0.15) is 11.9 Å². The molecule has 21 heavy (non-hydrogen) atoms. The van der Waals surface area contributed by atoms with E-state index in [0.29, 0.717) is 5.56 Å². The van der Waals surface area contributed by atoms with Crippen LogP contribution in [0, 0.1) is 24.1 Å². The number of hydrogen-bond acceptors (Lipinski definition) is 3. The normalized spacial score (nSPS) is 11.1. The van der Waals surface area contributed by atoms with E-state index in [2.05, 4.69) is 0 Å². The van der Waals surface area contributed by atoms with Crippen LogP contribution in [0.25, 0.3) is 0 Å². The first-order valence-corrected chi connectivity index (χ1v) is 8.17. The number of rotatable bonds is 4. The molecule has 0 saturated carbocycles. The van der Waals surface area contributed by atoms with Gasteiger partial charge in [0, 0.05) is 0 Å². The summed E-state index contributed by atoms with van der Waals surface area (Å²) in [5, 5.41) is 8.77. The molecule has 0 fully saturated rings. The number of sulfone groups is 1. The molecule has 108 valence electrons. The van der Waals surface area contributed by atoms with Crippen LogP contribution in [0.5, 0.6) is 0 Å². The Kier molecular flexibility index (Phi) is 4.39. The van der Waals surface area contributed by atoms with Crippen molar-refractivity contribution in [1.82, 2.24) is 0 Å². The molecule has 0 aliphatic heterocycles. The maximum Gasteiger partial charge on any atom is 0.158 e. The van der Waals surface area contributed by atoms with Crippen LogP contribution < -0.4 is 0 Å². The second-order valence-electron chi connectivity index (χ2n) is 4.88. The standard InChI is InChI=1S/C16H14FNO2S/c1-12-4-2-3-5-14(12)11-21(19,20)10-13-6-7-16(17)15(8-13)9-18/h2-8H,10-11H2,1H3. The third kappa shape index (κ3) is 3.89. The second-order valence-corrected chi connectivity index (χ2v) is 6.95. The van der Waals surface area contributed by atoms with Gasteiger partial charge in [-0.1, -0.05) is 30.3 Å². The van der Waals surface area contributed by atoms with Crippen LogP contribution in [-0.4, -0.2) is 8.42 Å². The van der Waals surface area contributed by atoms with Gasteiger partial charge in [0.2, 0.25) is 0 Å². The van der Waals surface area contributed by atoms with Crippen molar-refractivity contribution < 1.29 is 12.8 Å². The molecule has 0 atom stereocenters. The minimum atomic E-state index is -3.38. The maximum absolute atomic E-state index is 13.2. The zero-order valence-corrected chi connectivity index (χ0v) is 12.3. The summed E-state index contributed by atoms with van der Waals surface area (Å²) in [6, 6.07) is 12.8. The Morgan fingerprint density at radius 3 is 2.52 bits per heavy atom. The molecule has 2 aromatic carbocycles. The highest BCUT2D eigenvalue weighted by molar-refractivity contribution is 7.89. The quantitative estimate of drug-likeness (QED) is 0.872. The van der Waals surface area contributed by atoms with Gasteiger partial charge < -0.3 is 0 Å². The van der Waals surface area contributed by atoms with Crippen molar-refractivity contribution in [1.29, 1.82) is 5.26 Å². The molecule has 0 bridgehead atoms. The Balaban J connectivity index is 2.22. The van der Waals surface area contributed by atoms with Gasteiger partial charge in [-0.15, -0.1) is 0 Å². The predicted octanol–water partition coefficient (Wildman–Crippen LogP) is 3.12. The molecule has 0 aromatic heterocycles. The number of benzene rings is 2. The first-order valence-electron chi connectivity index (χ1n) is 6.35. The summed E-state index contributed by atoms with van der Waals surface area (Å²) < 4.78 is 37.7. The Labute approximate surface area is 123 Å². The molecule has 0 saturated heterocycles. The van der Waals surface area contributed by atoms with Crippen LogP contribution in [0.15, 0.2) is 42.5 Å². The molecule has 0 amide bonds. The summed E-state index contributed by atoms with van der Waals surface area (Å²) in [7, 11) is -3.38. The van der Waals surface area contributed by atoms with Crippen LogP contribution in [0.2, 0.25) is 0 Å². The first kappa shape index (κ1) is 15.2. The van der Waals surface area contributed by atoms with Crippen molar-refractivity contribution in [3.05, 3.63) is 70.5 Å². The van der Waals surface area contributed by atoms with E-state index in [-0.39, 0.29) is 17.1 Å². The van der Waals surface area contributed by atoms with Crippen molar-refractivity contribution in [3.8, 4) is 6.07 Å². The highest BCUT2D eigenvalue weighted by atomic mass is 32.2. The molecule has 0 radical (unpaired) electrons. The van der Waals surface area contributed by atoms with Gasteiger partial charge in [0.15, 0.2) is 9.84 Å². The van der Waals surface area contributed by atoms with E-state index in [1.165, 1.54) is 12.1 Å². The van der Waals surface area contributed by atoms with E-state index in [4.69, 9.17) is 5.26 Å². The van der Waals surface area contributed by atoms with Crippen LogP contribution in [0.4, 0.5) is 4.39 Å². The van der Waals surface area contributed by atoms with Crippen LogP contribution in [0.3, 0.4) is 0 Å². The third-order valence-electron chi connectivity index (χ3n) is 3.17. The minimum Gasteiger partial charge on any atom is -0.228 e. The SMILES string of the molecule is Cc1ccccc1CS(=O)(=O)Cc1ccc(F)c(C#N)c1. The van der Waals surface area contributed by atoms with E-state index >= 15 is 0 Å². The van der Waals surface area contributed by atoms with Crippen LogP contribution >= 0.6 is 0 Å². The van der Waals surface area contributed by atoms with Gasteiger partial charge in [0.25, 0.3) is 0 Å². The van der Waals surface area contributed by atoms with Crippen LogP contribution in [0.1, 0.15) is 22.3 Å². The second kappa shape index (κ2) is 6.06. The molecule has 0 aliphatic rings. The molecule has 2 aromatic rings. The molecule has 0 heterocycles. The van der Waals surface area contributed by atoms with E-state index in [9.17, 15) is 12.8 Å². The summed E-state index contributed by atoms with van der Waals surface area (Å²) in [6.07, 6.45) is 0. The van der Waals surface area contributed by atoms with E-state index in [1.807, 2.05) is 19.1 Å². The van der Waals surface area contributed by atoms with Crippen molar-refractivity contribution in [2.45, 2.75) is 18.4 Å². The fourth-order valence-electron chi connectivity index (χ4n) is 2.06. The molecular formula is C16H14FNO2S. The average molecular weight is 303 g/mol. The molecule has 0 N–H and O–H groups in total. The lowest BCUT2D eigenvalue weighted by Crippen LogP contribution is -2.09. The summed E-state index contributed by atoms with van der Waals surface area (Å²) in [4.78, 5) is 0. The van der Waals surface area contributed by atoms with Gasteiger partial charge in [0.05, 0.1) is 17.1 Å². The van der Waals surface area contributed by atoms with Gasteiger partial charge in [-0.2, -0.15) is 5.26 Å². The number of hydrogen-bond donors (Lipinski definition) is 0. The van der Waals surface area contributed by atoms with E-state index < -0.39 is 15.7 Å². The lowest BCUT2D eigenvalue weighted by molar-refractivity contribution is 0.593. The first-order chi connectivity index (χ1) is 9.91. The zero-order valence-electron chi connectivity index (χ0n) is 11.5. The van der Waals surface area contributed by atoms with Crippen molar-refractivity contribution in [2.24, 2.45) is 0 Å². The topological polar surface area (TPSA) is 57.9 Å². The Morgan fingerprint density at radius 1 is 1.14 bits per heavy atom. The molecule has 5 heteroatoms. The monoisotopic (exact) mass is 303 g/mol. The number of halogens is 1. The lowest BCUT2D eigenvalue weighted by atomic mass is 10.1. The fourth-order valence-corrected chi connectivity index (χ4v) is 3.65. The van der Waals surface area contributed by atoms with Crippen molar-refractivity contribution in [2.75, 3.05) is 0 Å². The fraction of sp³-hybridized carbons (Fsp3) is 0.188. The smallest absolute Gasteiger partial charge is 0.158 e. The van der Waals surface area contributed by atoms with E-state index in [1.54, 1.807) is 18.2 Å². The van der Waals surface area contributed by atoms with E-state index in [0.717, 1.165) is 17.2 Å². The van der Waals surface area contributed by atoms with Gasteiger partial charge in [-0.3, -0.25) is 0 Å². The Hall–Kier alpha value is -2.19. The molecule has 2 rings (SSSR count). The average Bonchev–Trinajstić information content (AvgIpc) is 2.43. The zero-order chi connectivity index (χ0) is 15.5. The van der Waals surface area contributed by atoms with Gasteiger partial charge in [-0.05, 0) is 35.7 Å². The predicted molar refractivity (Wildman–Crippen MR) is 78.6 cm³/mol. The Bertz CT molecular complexity index is 807. The Morgan fingerprint density at radius 2 is 1.86 bits per heavy atom. The molecule has 0 aliphatic carbocycles. The summed E-state index contributed by atoms with van der Waals surface area (Å²) in [6.45, 7) is 1.86. The number of nitrogens with zero attached hydrogens (tertiary/aromatic N) is 1. The maximum atomic E-state index is 13.2. The number of aryl methyl sites for hydroxylation is 1. The molecule has 0 spiro atoms. The lowest BCUT2D eigenvalue weighted by Gasteiger charge is -2.08. The summed E-state index contributed by atoms with van der Waals surface area (Å²) in [5.41, 5.74) is 1.94. The van der Waals surface area contributed by atoms with Gasteiger partial charge >= 0.3 is 0 Å². The summed E-state index contributed by atoms with van der Waals surface area (Å²) in [5.74, 6) is -0.924. The number of nitriles is 1. The highest BCUT2D eigenvalue weighted by Crippen LogP contribution is 2.17. The van der Waals surface area contributed by atoms with Crippen LogP contribution in [-0.2, 0) is 21.3 Å². The molecule has 3 nitrogen and oxygen atoms in total. The third-order valence-corrected chi connectivity index (χ3v) is 4.70. The molecular weight excluding hydrogens is 289 g/mol. The van der Waals surface area contributed by atoms with Crippen molar-refractivity contribution >= 4 is 9.84 Å². The largest absolute Gasteiger partial charge is 0.228 e. The minimum absolute atomic E-state index is 0.0705. The highest BCUT2D eigenvalue weighted by Gasteiger charge is 2.15. The van der Waals surface area contributed by atoms with Crippen molar-refractivity contribution in [3.63, 3.8) is 0 Å².